The Morgan fingerprint density at radius 2 is 1.80 bits per heavy atom. The zero-order valence-electron chi connectivity index (χ0n) is 17.1. The van der Waals surface area contributed by atoms with Crippen LogP contribution in [0, 0.1) is 0 Å². The van der Waals surface area contributed by atoms with Gasteiger partial charge in [-0.2, -0.15) is 0 Å². The van der Waals surface area contributed by atoms with Gasteiger partial charge in [0.05, 0.1) is 16.8 Å². The van der Waals surface area contributed by atoms with E-state index >= 15 is 0 Å². The van der Waals surface area contributed by atoms with E-state index in [0.29, 0.717) is 23.8 Å². The molecule has 0 aliphatic heterocycles. The predicted octanol–water partition coefficient (Wildman–Crippen LogP) is 6.19. The normalized spacial score (nSPS) is 10.9. The number of carbonyl (C=O) groups excluding carboxylic acids is 1. The highest BCUT2D eigenvalue weighted by Crippen LogP contribution is 2.28. The van der Waals surface area contributed by atoms with Crippen LogP contribution in [0.5, 0.6) is 5.75 Å². The zero-order valence-corrected chi connectivity index (χ0v) is 17.1. The Bertz CT molecular complexity index is 1160. The molecule has 1 aromatic heterocycles. The number of ether oxygens (including phenoxy) is 1. The molecule has 4 rings (SSSR count). The summed E-state index contributed by atoms with van der Waals surface area (Å²) in [5.41, 5.74) is 4.24. The van der Waals surface area contributed by atoms with Crippen molar-refractivity contribution in [2.75, 3.05) is 5.32 Å². The number of rotatable bonds is 6. The molecule has 0 aliphatic rings. The average molecular weight is 396 g/mol. The molecule has 4 nitrogen and oxygen atoms in total. The third-order valence-electron chi connectivity index (χ3n) is 5.05. The number of anilines is 1. The number of nitrogens with zero attached hydrogens (tertiary/aromatic N) is 1. The van der Waals surface area contributed by atoms with Crippen molar-refractivity contribution in [2.24, 2.45) is 0 Å². The number of aromatic nitrogens is 1. The van der Waals surface area contributed by atoms with E-state index in [-0.39, 0.29) is 5.91 Å². The van der Waals surface area contributed by atoms with Crippen LogP contribution < -0.4 is 10.1 Å². The summed E-state index contributed by atoms with van der Waals surface area (Å²) >= 11 is 0. The summed E-state index contributed by atoms with van der Waals surface area (Å²) in [6, 6.07) is 25.3. The smallest absolute Gasteiger partial charge is 0.259 e. The van der Waals surface area contributed by atoms with E-state index < -0.39 is 0 Å². The Morgan fingerprint density at radius 3 is 2.60 bits per heavy atom. The predicted molar refractivity (Wildman–Crippen MR) is 121 cm³/mol. The summed E-state index contributed by atoms with van der Waals surface area (Å²) in [6.07, 6.45) is 1.75. The van der Waals surface area contributed by atoms with Gasteiger partial charge in [-0.15, -0.1) is 0 Å². The third kappa shape index (κ3) is 4.33. The molecular formula is C26H24N2O2. The second-order valence-corrected chi connectivity index (χ2v) is 7.51. The van der Waals surface area contributed by atoms with Crippen molar-refractivity contribution >= 4 is 22.5 Å². The van der Waals surface area contributed by atoms with Gasteiger partial charge in [-0.25, -0.2) is 0 Å². The van der Waals surface area contributed by atoms with Gasteiger partial charge in [-0.3, -0.25) is 9.78 Å². The van der Waals surface area contributed by atoms with E-state index in [0.717, 1.165) is 27.7 Å². The zero-order chi connectivity index (χ0) is 20.9. The van der Waals surface area contributed by atoms with E-state index in [1.165, 1.54) is 0 Å². The molecule has 0 radical (unpaired) electrons. The maximum Gasteiger partial charge on any atom is 0.259 e. The molecule has 1 amide bonds. The second kappa shape index (κ2) is 8.78. The van der Waals surface area contributed by atoms with E-state index in [1.807, 2.05) is 78.9 Å². The Balaban J connectivity index is 1.64. The summed E-state index contributed by atoms with van der Waals surface area (Å²) in [6.45, 7) is 4.62. The fourth-order valence-electron chi connectivity index (χ4n) is 3.35. The Morgan fingerprint density at radius 1 is 0.967 bits per heavy atom. The number of amides is 1. The molecule has 0 spiro atoms. The Hall–Kier alpha value is -3.66. The average Bonchev–Trinajstić information content (AvgIpc) is 2.78. The first-order chi connectivity index (χ1) is 14.6. The van der Waals surface area contributed by atoms with Crippen LogP contribution in [0.25, 0.3) is 10.9 Å². The molecule has 0 atom stereocenters. The van der Waals surface area contributed by atoms with Gasteiger partial charge < -0.3 is 10.1 Å². The molecular weight excluding hydrogens is 372 g/mol. The van der Waals surface area contributed by atoms with Crippen molar-refractivity contribution in [1.29, 1.82) is 0 Å². The molecule has 0 saturated carbocycles. The van der Waals surface area contributed by atoms with Gasteiger partial charge in [0.1, 0.15) is 12.4 Å². The first kappa shape index (κ1) is 19.6. The molecule has 1 N–H and O–H groups in total. The molecule has 4 heteroatoms. The van der Waals surface area contributed by atoms with Crippen LogP contribution in [0.15, 0.2) is 85.1 Å². The second-order valence-electron chi connectivity index (χ2n) is 7.51. The van der Waals surface area contributed by atoms with Crippen LogP contribution in [-0.4, -0.2) is 10.9 Å². The van der Waals surface area contributed by atoms with Crippen molar-refractivity contribution in [3.63, 3.8) is 0 Å². The van der Waals surface area contributed by atoms with E-state index in [1.54, 1.807) is 6.20 Å². The van der Waals surface area contributed by atoms with Crippen LogP contribution in [-0.2, 0) is 6.61 Å². The van der Waals surface area contributed by atoms with Gasteiger partial charge in [0.2, 0.25) is 0 Å². The molecule has 0 fully saturated rings. The number of fused-ring (bicyclic) bond motifs is 1. The summed E-state index contributed by atoms with van der Waals surface area (Å²) < 4.78 is 6.03. The summed E-state index contributed by atoms with van der Waals surface area (Å²) in [7, 11) is 0. The largest absolute Gasteiger partial charge is 0.488 e. The number of nitrogens with one attached hydrogen (secondary N) is 1. The Kier molecular flexibility index (Phi) is 5.75. The minimum atomic E-state index is -0.197. The van der Waals surface area contributed by atoms with Crippen LogP contribution in [0.3, 0.4) is 0 Å². The number of hydrogen-bond donors (Lipinski definition) is 1. The first-order valence-electron chi connectivity index (χ1n) is 10.1. The third-order valence-corrected chi connectivity index (χ3v) is 5.05. The van der Waals surface area contributed by atoms with Crippen molar-refractivity contribution in [3.8, 4) is 5.75 Å². The standard InChI is InChI=1S/C26H24N2O2/c1-18(2)20-13-14-25(30-17-19-8-4-3-5-9-19)22(16-20)26(29)28-24-12-6-11-23-21(24)10-7-15-27-23/h3-16,18H,17H2,1-2H3,(H,28,29). The monoisotopic (exact) mass is 396 g/mol. The maximum atomic E-state index is 13.3. The number of pyridine rings is 1. The van der Waals surface area contributed by atoms with Gasteiger partial charge in [-0.1, -0.05) is 56.3 Å². The highest BCUT2D eigenvalue weighted by atomic mass is 16.5. The Labute approximate surface area is 176 Å². The van der Waals surface area contributed by atoms with Crippen LogP contribution in [0.1, 0.15) is 41.3 Å². The van der Waals surface area contributed by atoms with Crippen molar-refractivity contribution < 1.29 is 9.53 Å². The van der Waals surface area contributed by atoms with E-state index in [2.05, 4.69) is 24.1 Å². The lowest BCUT2D eigenvalue weighted by atomic mass is 9.99. The van der Waals surface area contributed by atoms with Crippen molar-refractivity contribution in [1.82, 2.24) is 4.98 Å². The number of benzene rings is 3. The SMILES string of the molecule is CC(C)c1ccc(OCc2ccccc2)c(C(=O)Nc2cccc3ncccc23)c1. The van der Waals surface area contributed by atoms with Gasteiger partial charge >= 0.3 is 0 Å². The van der Waals surface area contributed by atoms with Gasteiger partial charge in [0.25, 0.3) is 5.91 Å². The number of hydrogen-bond acceptors (Lipinski definition) is 3. The molecule has 150 valence electrons. The maximum absolute atomic E-state index is 13.3. The first-order valence-corrected chi connectivity index (χ1v) is 10.1. The molecule has 4 aromatic rings. The van der Waals surface area contributed by atoms with Crippen LogP contribution >= 0.6 is 0 Å². The van der Waals surface area contributed by atoms with Crippen molar-refractivity contribution in [3.05, 3.63) is 102 Å². The van der Waals surface area contributed by atoms with E-state index in [4.69, 9.17) is 4.74 Å². The lowest BCUT2D eigenvalue weighted by Gasteiger charge is -2.15. The molecule has 0 bridgehead atoms. The lowest BCUT2D eigenvalue weighted by Crippen LogP contribution is -2.14. The molecule has 30 heavy (non-hydrogen) atoms. The number of carbonyl (C=O) groups is 1. The molecule has 3 aromatic carbocycles. The fourth-order valence-corrected chi connectivity index (χ4v) is 3.35. The van der Waals surface area contributed by atoms with Crippen LogP contribution in [0.4, 0.5) is 5.69 Å². The highest BCUT2D eigenvalue weighted by molar-refractivity contribution is 6.10. The topological polar surface area (TPSA) is 51.2 Å². The summed E-state index contributed by atoms with van der Waals surface area (Å²) in [4.78, 5) is 17.6. The van der Waals surface area contributed by atoms with Gasteiger partial charge in [0.15, 0.2) is 0 Å². The molecule has 0 saturated heterocycles. The molecule has 0 unspecified atom stereocenters. The fraction of sp³-hybridized carbons (Fsp3) is 0.154. The van der Waals surface area contributed by atoms with Gasteiger partial charge in [-0.05, 0) is 53.4 Å². The molecule has 0 aliphatic carbocycles. The van der Waals surface area contributed by atoms with Crippen molar-refractivity contribution in [2.45, 2.75) is 26.4 Å². The van der Waals surface area contributed by atoms with Gasteiger partial charge in [0, 0.05) is 11.6 Å². The summed E-state index contributed by atoms with van der Waals surface area (Å²) in [5, 5.41) is 3.95. The summed E-state index contributed by atoms with van der Waals surface area (Å²) in [5.74, 6) is 0.678. The van der Waals surface area contributed by atoms with E-state index in [9.17, 15) is 4.79 Å². The molecule has 1 heterocycles. The minimum absolute atomic E-state index is 0.197. The lowest BCUT2D eigenvalue weighted by molar-refractivity contribution is 0.102. The highest BCUT2D eigenvalue weighted by Gasteiger charge is 2.16. The minimum Gasteiger partial charge on any atom is -0.488 e. The van der Waals surface area contributed by atoms with Crippen LogP contribution in [0.2, 0.25) is 0 Å². The quantitative estimate of drug-likeness (QED) is 0.423.